The molecule has 27 heavy (non-hydrogen) atoms. The topological polar surface area (TPSA) is 4.93 Å². The van der Waals surface area contributed by atoms with Gasteiger partial charge in [0.2, 0.25) is 0 Å². The quantitative estimate of drug-likeness (QED) is 0.253. The molecule has 1 aromatic carbocycles. The maximum absolute atomic E-state index is 2.52. The van der Waals surface area contributed by atoms with Crippen molar-refractivity contribution < 1.29 is 0 Å². The first-order chi connectivity index (χ1) is 12.6. The van der Waals surface area contributed by atoms with Gasteiger partial charge in [0.25, 0.3) is 0 Å². The molecule has 0 aliphatic rings. The molecular formula is C22H25NS2Sn2. The monoisotopic (exact) mass is 607 g/mol. The van der Waals surface area contributed by atoms with Gasteiger partial charge < -0.3 is 0 Å². The van der Waals surface area contributed by atoms with Crippen LogP contribution in [0.1, 0.15) is 41.5 Å². The number of nitrogens with zero attached hydrogens (tertiary/aromatic N) is 1. The number of hydrogen-bond donors (Lipinski definition) is 0. The Kier molecular flexibility index (Phi) is 5.54. The van der Waals surface area contributed by atoms with E-state index in [1.807, 2.05) is 0 Å². The van der Waals surface area contributed by atoms with Crippen molar-refractivity contribution in [2.75, 3.05) is 0 Å². The molecule has 0 aliphatic heterocycles. The van der Waals surface area contributed by atoms with Crippen molar-refractivity contribution in [3.63, 3.8) is 0 Å². The molecule has 0 atom stereocenters. The van der Waals surface area contributed by atoms with E-state index in [4.69, 9.17) is 0 Å². The van der Waals surface area contributed by atoms with Crippen LogP contribution in [0.4, 0.5) is 0 Å². The van der Waals surface area contributed by atoms with Gasteiger partial charge in [-0.15, -0.1) is 0 Å². The van der Waals surface area contributed by atoms with E-state index in [1.165, 1.54) is 26.1 Å². The van der Waals surface area contributed by atoms with Crippen LogP contribution in [-0.4, -0.2) is 46.9 Å². The standard InChI is InChI=1S/C14H7NS2.2C4H9.2Sn/c1-2-4-10(5-3-1)15-11-6-8-16-13(11)14-12(15)7-9-17-14;2*1-4(2)3;;/h1-7H;2*1-3H3;;. The van der Waals surface area contributed by atoms with Gasteiger partial charge in [0.1, 0.15) is 0 Å². The van der Waals surface area contributed by atoms with Crippen molar-refractivity contribution in [2.24, 2.45) is 0 Å². The second-order valence-electron chi connectivity index (χ2n) is 9.07. The van der Waals surface area contributed by atoms with Gasteiger partial charge in [-0.1, -0.05) is 0 Å². The fourth-order valence-electron chi connectivity index (χ4n) is 3.27. The van der Waals surface area contributed by atoms with Crippen LogP contribution in [0.2, 0.25) is 6.86 Å². The zero-order valence-electron chi connectivity index (χ0n) is 16.8. The van der Waals surface area contributed by atoms with E-state index < -0.39 is 42.3 Å². The summed E-state index contributed by atoms with van der Waals surface area (Å²) in [5.41, 5.74) is 4.16. The summed E-state index contributed by atoms with van der Waals surface area (Å²) in [6.45, 7) is 14.4. The van der Waals surface area contributed by atoms with E-state index in [0.29, 0.717) is 6.86 Å². The fraction of sp³-hybridized carbons (Fsp3) is 0.364. The minimum absolute atomic E-state index is 0.490. The molecule has 0 N–H and O–H groups in total. The molecule has 4 aromatic rings. The molecule has 0 spiro atoms. The number of hydrogen-bond acceptors (Lipinski definition) is 2. The zero-order chi connectivity index (χ0) is 19.4. The molecular weight excluding hydrogens is 580 g/mol. The summed E-state index contributed by atoms with van der Waals surface area (Å²) in [4.78, 5) is 0. The van der Waals surface area contributed by atoms with E-state index >= 15 is 0 Å². The first-order valence-corrected chi connectivity index (χ1v) is 16.6. The third-order valence-corrected chi connectivity index (χ3v) is 15.8. The predicted octanol–water partition coefficient (Wildman–Crippen LogP) is 6.00. The summed E-state index contributed by atoms with van der Waals surface area (Å²) in [7, 11) is 0. The van der Waals surface area contributed by atoms with Crippen molar-refractivity contribution in [3.05, 3.63) is 42.5 Å². The van der Waals surface area contributed by atoms with Gasteiger partial charge in [-0.25, -0.2) is 0 Å². The van der Waals surface area contributed by atoms with Gasteiger partial charge in [-0.3, -0.25) is 0 Å². The van der Waals surface area contributed by atoms with Crippen LogP contribution in [0.15, 0.2) is 42.5 Å². The first kappa shape index (κ1) is 20.3. The molecule has 138 valence electrons. The van der Waals surface area contributed by atoms with Crippen LogP contribution < -0.4 is 5.79 Å². The normalized spacial score (nSPS) is 13.1. The van der Waals surface area contributed by atoms with Gasteiger partial charge in [-0.2, -0.15) is 0 Å². The number of para-hydroxylation sites is 1. The summed E-state index contributed by atoms with van der Waals surface area (Å²) in [5.74, 6) is 0. The summed E-state index contributed by atoms with van der Waals surface area (Å²) in [6.07, 6.45) is 0. The van der Waals surface area contributed by atoms with Crippen LogP contribution in [0, 0.1) is 0 Å². The van der Waals surface area contributed by atoms with Gasteiger partial charge >= 0.3 is 192 Å². The number of fused-ring (bicyclic) bond motifs is 3. The van der Waals surface area contributed by atoms with Gasteiger partial charge in [0.15, 0.2) is 0 Å². The van der Waals surface area contributed by atoms with E-state index in [0.717, 1.165) is 0 Å². The number of aromatic nitrogens is 1. The van der Waals surface area contributed by atoms with E-state index in [2.05, 4.69) is 111 Å². The molecule has 3 heterocycles. The zero-order valence-corrected chi connectivity index (χ0v) is 24.1. The minimum atomic E-state index is -0.580. The van der Waals surface area contributed by atoms with E-state index in [9.17, 15) is 0 Å². The van der Waals surface area contributed by atoms with Gasteiger partial charge in [0, 0.05) is 0 Å². The summed E-state index contributed by atoms with van der Waals surface area (Å²) in [6, 6.07) is 16.0. The van der Waals surface area contributed by atoms with E-state index in [1.54, 1.807) is 5.79 Å². The Labute approximate surface area is 190 Å². The van der Waals surface area contributed by atoms with Gasteiger partial charge in [0.05, 0.1) is 0 Å². The molecule has 0 aliphatic carbocycles. The fourth-order valence-corrected chi connectivity index (χ4v) is 17.4. The van der Waals surface area contributed by atoms with Crippen molar-refractivity contribution in [1.82, 2.24) is 4.57 Å². The molecule has 1 nitrogen and oxygen atoms in total. The summed E-state index contributed by atoms with van der Waals surface area (Å²) >= 11 is 3.01. The molecule has 0 amide bonds. The molecule has 4 radical (unpaired) electrons. The van der Waals surface area contributed by atoms with Crippen molar-refractivity contribution >= 4 is 91.2 Å². The Balaban J connectivity index is 1.94. The van der Waals surface area contributed by atoms with Crippen LogP contribution >= 0.6 is 22.7 Å². The number of thiophene rings is 2. The Morgan fingerprint density at radius 2 is 1.15 bits per heavy atom. The molecule has 0 saturated heterocycles. The number of benzene rings is 1. The Bertz CT molecular complexity index is 1020. The second-order valence-corrected chi connectivity index (χ2v) is 26.3. The third-order valence-electron chi connectivity index (χ3n) is 4.12. The summed E-state index contributed by atoms with van der Waals surface area (Å²) < 4.78 is 9.90. The Morgan fingerprint density at radius 3 is 1.56 bits per heavy atom. The first-order valence-electron chi connectivity index (χ1n) is 9.30. The summed E-state index contributed by atoms with van der Waals surface area (Å²) in [5, 5.41) is 0. The second kappa shape index (κ2) is 7.37. The molecule has 0 saturated carbocycles. The molecule has 0 bridgehead atoms. The van der Waals surface area contributed by atoms with Crippen LogP contribution in [0.25, 0.3) is 26.1 Å². The van der Waals surface area contributed by atoms with Crippen LogP contribution in [0.3, 0.4) is 0 Å². The van der Waals surface area contributed by atoms with Crippen LogP contribution in [-0.2, 0) is 0 Å². The van der Waals surface area contributed by atoms with Crippen molar-refractivity contribution in [1.29, 1.82) is 0 Å². The average molecular weight is 605 g/mol. The molecule has 5 heteroatoms. The molecule has 4 rings (SSSR count). The van der Waals surface area contributed by atoms with Crippen LogP contribution in [0.5, 0.6) is 0 Å². The molecule has 0 fully saturated rings. The number of rotatable bonds is 3. The SMILES string of the molecule is C[C](C)(C)[Sn][c]1cc2c(s1)c1s[c]([Sn][C](C)(C)C)cc1n2-c1ccccc1. The Morgan fingerprint density at radius 1 is 0.704 bits per heavy atom. The average Bonchev–Trinajstić information content (AvgIpc) is 3.15. The van der Waals surface area contributed by atoms with Crippen molar-refractivity contribution in [2.45, 2.75) is 48.4 Å². The Hall–Kier alpha value is 0.0174. The molecule has 3 aromatic heterocycles. The maximum atomic E-state index is 2.52. The third kappa shape index (κ3) is 4.46. The predicted molar refractivity (Wildman–Crippen MR) is 127 cm³/mol. The van der Waals surface area contributed by atoms with Crippen molar-refractivity contribution in [3.8, 4) is 5.69 Å². The van der Waals surface area contributed by atoms with Gasteiger partial charge in [-0.05, 0) is 0 Å². The van der Waals surface area contributed by atoms with E-state index in [-0.39, 0.29) is 0 Å². The molecule has 0 unspecified atom stereocenters.